The van der Waals surface area contributed by atoms with Gasteiger partial charge in [0.2, 0.25) is 0 Å². The summed E-state index contributed by atoms with van der Waals surface area (Å²) >= 11 is 12.3. The molecule has 2 aromatic rings. The molecule has 0 aliphatic carbocycles. The highest BCUT2D eigenvalue weighted by Crippen LogP contribution is 2.27. The van der Waals surface area contributed by atoms with Crippen molar-refractivity contribution in [3.63, 3.8) is 0 Å². The van der Waals surface area contributed by atoms with Crippen LogP contribution in [0, 0.1) is 0 Å². The highest BCUT2D eigenvalue weighted by molar-refractivity contribution is 6.31. The number of rotatable bonds is 6. The molecule has 1 aromatic heterocycles. The van der Waals surface area contributed by atoms with Gasteiger partial charge in [0.25, 0.3) is 0 Å². The van der Waals surface area contributed by atoms with Gasteiger partial charge in [-0.05, 0) is 25.1 Å². The van der Waals surface area contributed by atoms with Crippen molar-refractivity contribution in [1.29, 1.82) is 0 Å². The van der Waals surface area contributed by atoms with Crippen molar-refractivity contribution in [1.82, 2.24) is 9.55 Å². The first-order valence-corrected chi connectivity index (χ1v) is 7.19. The van der Waals surface area contributed by atoms with E-state index in [1.165, 1.54) is 0 Å². The number of ether oxygens (including phenoxy) is 2. The molecule has 2 rings (SSSR count). The fourth-order valence-electron chi connectivity index (χ4n) is 2.20. The molecule has 0 aliphatic heterocycles. The topological polar surface area (TPSA) is 36.3 Å². The Morgan fingerprint density at radius 2 is 2.10 bits per heavy atom. The summed E-state index contributed by atoms with van der Waals surface area (Å²) in [7, 11) is 3.33. The summed E-state index contributed by atoms with van der Waals surface area (Å²) in [5, 5.41) is 0.470. The van der Waals surface area contributed by atoms with Crippen LogP contribution < -0.4 is 0 Å². The molecular weight excluding hydrogens is 299 g/mol. The molecule has 2 atom stereocenters. The molecule has 0 saturated heterocycles. The maximum atomic E-state index is 6.23. The Labute approximate surface area is 128 Å². The monoisotopic (exact) mass is 316 g/mol. The van der Waals surface area contributed by atoms with E-state index in [4.69, 9.17) is 32.7 Å². The molecule has 2 unspecified atom stereocenters. The van der Waals surface area contributed by atoms with Crippen LogP contribution in [0.5, 0.6) is 0 Å². The quantitative estimate of drug-likeness (QED) is 0.763. The van der Waals surface area contributed by atoms with Crippen molar-refractivity contribution < 1.29 is 9.47 Å². The predicted molar refractivity (Wildman–Crippen MR) is 81.7 cm³/mol. The van der Waals surface area contributed by atoms with Gasteiger partial charge in [-0.3, -0.25) is 0 Å². The van der Waals surface area contributed by atoms with Crippen LogP contribution in [-0.2, 0) is 16.0 Å². The first-order chi connectivity index (χ1) is 9.56. The van der Waals surface area contributed by atoms with Gasteiger partial charge in [-0.2, -0.15) is 0 Å². The zero-order chi connectivity index (χ0) is 14.7. The van der Waals surface area contributed by atoms with Crippen molar-refractivity contribution >= 4 is 34.2 Å². The Balaban J connectivity index is 2.45. The van der Waals surface area contributed by atoms with Crippen LogP contribution in [0.2, 0.25) is 5.02 Å². The Hall–Kier alpha value is -0.810. The molecule has 1 aromatic carbocycles. The largest absolute Gasteiger partial charge is 0.382 e. The number of alkyl halides is 1. The molecule has 0 saturated carbocycles. The molecule has 20 heavy (non-hydrogen) atoms. The Morgan fingerprint density at radius 1 is 1.35 bits per heavy atom. The maximum Gasteiger partial charge on any atom is 0.127 e. The summed E-state index contributed by atoms with van der Waals surface area (Å²) in [4.78, 5) is 4.57. The highest BCUT2D eigenvalue weighted by Gasteiger charge is 2.18. The van der Waals surface area contributed by atoms with Crippen LogP contribution >= 0.6 is 23.2 Å². The van der Waals surface area contributed by atoms with Crippen molar-refractivity contribution in [2.24, 2.45) is 0 Å². The molecule has 0 radical (unpaired) electrons. The third-order valence-electron chi connectivity index (χ3n) is 3.17. The maximum absolute atomic E-state index is 6.23. The number of imidazole rings is 1. The van der Waals surface area contributed by atoms with Gasteiger partial charge in [0.15, 0.2) is 0 Å². The second-order valence-electron chi connectivity index (χ2n) is 4.64. The van der Waals surface area contributed by atoms with Crippen LogP contribution in [0.4, 0.5) is 0 Å². The van der Waals surface area contributed by atoms with Crippen LogP contribution in [-0.4, -0.2) is 36.5 Å². The molecule has 6 heteroatoms. The minimum Gasteiger partial charge on any atom is -0.382 e. The van der Waals surface area contributed by atoms with Crippen LogP contribution in [0.1, 0.15) is 18.1 Å². The molecule has 0 spiro atoms. The standard InChI is InChI=1S/C14H18Cl2N2O2/c1-9(15)14-17-12-6-10(16)4-5-13(12)18(14)7-11(20-3)8-19-2/h4-6,9,11H,7-8H2,1-3H3. The van der Waals surface area contributed by atoms with Gasteiger partial charge in [0.1, 0.15) is 5.82 Å². The molecule has 110 valence electrons. The van der Waals surface area contributed by atoms with Gasteiger partial charge in [0, 0.05) is 19.2 Å². The highest BCUT2D eigenvalue weighted by atomic mass is 35.5. The second-order valence-corrected chi connectivity index (χ2v) is 5.73. The molecule has 1 heterocycles. The number of methoxy groups -OCH3 is 2. The molecule has 0 amide bonds. The van der Waals surface area contributed by atoms with Gasteiger partial charge < -0.3 is 14.0 Å². The van der Waals surface area contributed by atoms with Gasteiger partial charge >= 0.3 is 0 Å². The lowest BCUT2D eigenvalue weighted by molar-refractivity contribution is 0.0185. The van der Waals surface area contributed by atoms with Crippen LogP contribution in [0.3, 0.4) is 0 Å². The van der Waals surface area contributed by atoms with Crippen molar-refractivity contribution in [2.75, 3.05) is 20.8 Å². The third-order valence-corrected chi connectivity index (χ3v) is 3.60. The SMILES string of the molecule is COCC(Cn1c(C(C)Cl)nc2cc(Cl)ccc21)OC. The Bertz CT molecular complexity index is 584. The van der Waals surface area contributed by atoms with Crippen LogP contribution in [0.15, 0.2) is 18.2 Å². The van der Waals surface area contributed by atoms with E-state index in [-0.39, 0.29) is 11.5 Å². The van der Waals surface area contributed by atoms with E-state index >= 15 is 0 Å². The van der Waals surface area contributed by atoms with Crippen molar-refractivity contribution in [3.05, 3.63) is 29.0 Å². The summed E-state index contributed by atoms with van der Waals surface area (Å²) in [6.45, 7) is 3.05. The fourth-order valence-corrected chi connectivity index (χ4v) is 2.53. The molecule has 0 fully saturated rings. The summed E-state index contributed by atoms with van der Waals surface area (Å²) in [6.07, 6.45) is -0.0535. The van der Waals surface area contributed by atoms with E-state index in [1.807, 2.05) is 25.1 Å². The lowest BCUT2D eigenvalue weighted by Crippen LogP contribution is -2.24. The Morgan fingerprint density at radius 3 is 2.70 bits per heavy atom. The molecule has 0 aliphatic rings. The Kier molecular flexibility index (Phi) is 5.27. The van der Waals surface area contributed by atoms with Gasteiger partial charge in [0.05, 0.1) is 35.7 Å². The van der Waals surface area contributed by atoms with Gasteiger partial charge in [-0.15, -0.1) is 11.6 Å². The average molecular weight is 317 g/mol. The number of halogens is 2. The molecular formula is C14H18Cl2N2O2. The summed E-state index contributed by atoms with van der Waals surface area (Å²) in [5.74, 6) is 0.807. The van der Waals surface area contributed by atoms with E-state index < -0.39 is 0 Å². The van der Waals surface area contributed by atoms with Crippen LogP contribution in [0.25, 0.3) is 11.0 Å². The first-order valence-electron chi connectivity index (χ1n) is 6.38. The second kappa shape index (κ2) is 6.76. The van der Waals surface area contributed by atoms with Crippen molar-refractivity contribution in [3.8, 4) is 0 Å². The summed E-state index contributed by atoms with van der Waals surface area (Å²) in [6, 6.07) is 5.64. The smallest absolute Gasteiger partial charge is 0.127 e. The van der Waals surface area contributed by atoms with Gasteiger partial charge in [-0.25, -0.2) is 4.98 Å². The number of hydrogen-bond donors (Lipinski definition) is 0. The number of aromatic nitrogens is 2. The van der Waals surface area contributed by atoms with E-state index in [2.05, 4.69) is 9.55 Å². The third kappa shape index (κ3) is 3.26. The average Bonchev–Trinajstić information content (AvgIpc) is 2.76. The normalized spacial score (nSPS) is 14.7. The van der Waals surface area contributed by atoms with E-state index in [1.54, 1.807) is 14.2 Å². The minimum absolute atomic E-state index is 0.0535. The molecule has 4 nitrogen and oxygen atoms in total. The number of fused-ring (bicyclic) bond motifs is 1. The zero-order valence-corrected chi connectivity index (χ0v) is 13.3. The lowest BCUT2D eigenvalue weighted by Gasteiger charge is -2.18. The van der Waals surface area contributed by atoms with Crippen molar-refractivity contribution in [2.45, 2.75) is 24.9 Å². The summed E-state index contributed by atoms with van der Waals surface area (Å²) < 4.78 is 12.7. The minimum atomic E-state index is -0.193. The summed E-state index contributed by atoms with van der Waals surface area (Å²) in [5.41, 5.74) is 1.84. The van der Waals surface area contributed by atoms with Gasteiger partial charge in [-0.1, -0.05) is 11.6 Å². The predicted octanol–water partition coefficient (Wildman–Crippen LogP) is 3.65. The lowest BCUT2D eigenvalue weighted by atomic mass is 10.3. The van der Waals surface area contributed by atoms with E-state index in [0.717, 1.165) is 16.9 Å². The molecule has 0 N–H and O–H groups in total. The number of benzene rings is 1. The number of nitrogens with zero attached hydrogens (tertiary/aromatic N) is 2. The van der Waals surface area contributed by atoms with E-state index in [0.29, 0.717) is 18.2 Å². The van der Waals surface area contributed by atoms with E-state index in [9.17, 15) is 0 Å². The fraction of sp³-hybridized carbons (Fsp3) is 0.500. The molecule has 0 bridgehead atoms. The zero-order valence-electron chi connectivity index (χ0n) is 11.8. The first kappa shape index (κ1) is 15.6. The number of hydrogen-bond acceptors (Lipinski definition) is 3.